The molecule has 2 nitrogen and oxygen atoms in total. The summed E-state index contributed by atoms with van der Waals surface area (Å²) in [5.74, 6) is -0.244. The van der Waals surface area contributed by atoms with E-state index in [0.29, 0.717) is 6.42 Å². The van der Waals surface area contributed by atoms with Crippen LogP contribution in [0.25, 0.3) is 0 Å². The quantitative estimate of drug-likeness (QED) is 0.871. The zero-order valence-corrected chi connectivity index (χ0v) is 11.9. The van der Waals surface area contributed by atoms with Crippen LogP contribution in [0.2, 0.25) is 0 Å². The van der Waals surface area contributed by atoms with Crippen LogP contribution in [0.3, 0.4) is 0 Å². The summed E-state index contributed by atoms with van der Waals surface area (Å²) < 4.78 is 13.1. The Kier molecular flexibility index (Phi) is 4.74. The first-order chi connectivity index (χ1) is 9.67. The Hall–Kier alpha value is -1.87. The van der Waals surface area contributed by atoms with Crippen LogP contribution in [0.4, 0.5) is 15.8 Å². The lowest BCUT2D eigenvalue weighted by Crippen LogP contribution is -2.18. The van der Waals surface area contributed by atoms with Crippen molar-refractivity contribution in [1.82, 2.24) is 0 Å². The van der Waals surface area contributed by atoms with Crippen molar-refractivity contribution in [3.8, 4) is 0 Å². The van der Waals surface area contributed by atoms with Gasteiger partial charge in [0.15, 0.2) is 0 Å². The molecule has 0 fully saturated rings. The summed E-state index contributed by atoms with van der Waals surface area (Å²) in [5, 5.41) is 10.2. The van der Waals surface area contributed by atoms with Gasteiger partial charge in [-0.1, -0.05) is 25.1 Å². The van der Waals surface area contributed by atoms with Crippen LogP contribution in [0.1, 0.15) is 31.9 Å². The van der Waals surface area contributed by atoms with Gasteiger partial charge in [-0.3, -0.25) is 0 Å². The lowest BCUT2D eigenvalue weighted by Gasteiger charge is -2.27. The van der Waals surface area contributed by atoms with E-state index in [0.717, 1.165) is 23.5 Å². The SMILES string of the molecule is CCC(O)c1ccccc1N(CC)c1ccc(F)cc1. The zero-order chi connectivity index (χ0) is 14.5. The Morgan fingerprint density at radius 2 is 1.70 bits per heavy atom. The Morgan fingerprint density at radius 3 is 2.30 bits per heavy atom. The molecule has 1 unspecified atom stereocenters. The average Bonchev–Trinajstić information content (AvgIpc) is 2.49. The normalized spacial score (nSPS) is 12.2. The van der Waals surface area contributed by atoms with Crippen LogP contribution in [0, 0.1) is 5.82 Å². The van der Waals surface area contributed by atoms with Gasteiger partial charge in [0.2, 0.25) is 0 Å². The van der Waals surface area contributed by atoms with Gasteiger partial charge in [0.1, 0.15) is 5.82 Å². The minimum atomic E-state index is -0.485. The maximum Gasteiger partial charge on any atom is 0.123 e. The molecule has 0 radical (unpaired) electrons. The molecule has 0 amide bonds. The standard InChI is InChI=1S/C17H20FNO/c1-3-17(20)15-7-5-6-8-16(15)19(4-2)14-11-9-13(18)10-12-14/h5-12,17,20H,3-4H2,1-2H3. The van der Waals surface area contributed by atoms with Crippen molar-refractivity contribution in [3.05, 3.63) is 59.9 Å². The van der Waals surface area contributed by atoms with Crippen LogP contribution < -0.4 is 4.90 Å². The molecule has 1 atom stereocenters. The average molecular weight is 273 g/mol. The first-order valence-corrected chi connectivity index (χ1v) is 6.97. The van der Waals surface area contributed by atoms with Crippen molar-refractivity contribution in [3.63, 3.8) is 0 Å². The number of rotatable bonds is 5. The van der Waals surface area contributed by atoms with E-state index >= 15 is 0 Å². The number of halogens is 1. The van der Waals surface area contributed by atoms with Gasteiger partial charge in [0.05, 0.1) is 6.10 Å². The minimum Gasteiger partial charge on any atom is -0.388 e. The lowest BCUT2D eigenvalue weighted by atomic mass is 10.0. The van der Waals surface area contributed by atoms with Gasteiger partial charge in [-0.2, -0.15) is 0 Å². The molecule has 3 heteroatoms. The second-order valence-electron chi connectivity index (χ2n) is 4.70. The Morgan fingerprint density at radius 1 is 1.05 bits per heavy atom. The van der Waals surface area contributed by atoms with Gasteiger partial charge >= 0.3 is 0 Å². The molecule has 106 valence electrons. The molecule has 0 aliphatic heterocycles. The third kappa shape index (κ3) is 2.99. The van der Waals surface area contributed by atoms with E-state index in [1.54, 1.807) is 12.1 Å². The fraction of sp³-hybridized carbons (Fsp3) is 0.294. The molecule has 0 saturated heterocycles. The molecule has 2 aromatic rings. The highest BCUT2D eigenvalue weighted by molar-refractivity contribution is 5.66. The molecule has 0 aromatic heterocycles. The zero-order valence-electron chi connectivity index (χ0n) is 11.9. The summed E-state index contributed by atoms with van der Waals surface area (Å²) in [6, 6.07) is 14.2. The summed E-state index contributed by atoms with van der Waals surface area (Å²) in [6.45, 7) is 4.74. The summed E-state index contributed by atoms with van der Waals surface area (Å²) in [4.78, 5) is 2.08. The molecule has 0 saturated carbocycles. The van der Waals surface area contributed by atoms with Crippen LogP contribution in [-0.2, 0) is 0 Å². The van der Waals surface area contributed by atoms with E-state index in [-0.39, 0.29) is 5.82 Å². The third-order valence-electron chi connectivity index (χ3n) is 3.43. The van der Waals surface area contributed by atoms with Crippen molar-refractivity contribution in [2.75, 3.05) is 11.4 Å². The summed E-state index contributed by atoms with van der Waals surface area (Å²) in [7, 11) is 0. The van der Waals surface area contributed by atoms with E-state index in [2.05, 4.69) is 4.90 Å². The van der Waals surface area contributed by atoms with E-state index in [4.69, 9.17) is 0 Å². The van der Waals surface area contributed by atoms with Crippen LogP contribution in [0.5, 0.6) is 0 Å². The fourth-order valence-corrected chi connectivity index (χ4v) is 2.35. The number of nitrogens with zero attached hydrogens (tertiary/aromatic N) is 1. The van der Waals surface area contributed by atoms with Crippen molar-refractivity contribution >= 4 is 11.4 Å². The molecule has 0 bridgehead atoms. The highest BCUT2D eigenvalue weighted by atomic mass is 19.1. The topological polar surface area (TPSA) is 23.5 Å². The predicted molar refractivity (Wildman–Crippen MR) is 80.8 cm³/mol. The van der Waals surface area contributed by atoms with Gasteiger partial charge in [-0.05, 0) is 43.7 Å². The molecule has 0 heterocycles. The van der Waals surface area contributed by atoms with Gasteiger partial charge in [-0.15, -0.1) is 0 Å². The summed E-state index contributed by atoms with van der Waals surface area (Å²) in [5.41, 5.74) is 2.79. The number of benzene rings is 2. The largest absolute Gasteiger partial charge is 0.388 e. The molecule has 0 spiro atoms. The fourth-order valence-electron chi connectivity index (χ4n) is 2.35. The lowest BCUT2D eigenvalue weighted by molar-refractivity contribution is 0.174. The monoisotopic (exact) mass is 273 g/mol. The predicted octanol–water partition coefficient (Wildman–Crippen LogP) is 4.43. The van der Waals surface area contributed by atoms with E-state index < -0.39 is 6.10 Å². The van der Waals surface area contributed by atoms with Crippen molar-refractivity contribution in [1.29, 1.82) is 0 Å². The van der Waals surface area contributed by atoms with E-state index in [9.17, 15) is 9.50 Å². The maximum absolute atomic E-state index is 13.1. The Labute approximate surface area is 119 Å². The number of para-hydroxylation sites is 1. The van der Waals surface area contributed by atoms with Crippen LogP contribution in [0.15, 0.2) is 48.5 Å². The Balaban J connectivity index is 2.44. The molecular formula is C17H20FNO. The number of hydrogen-bond donors (Lipinski definition) is 1. The molecule has 2 aromatic carbocycles. The highest BCUT2D eigenvalue weighted by Gasteiger charge is 2.15. The van der Waals surface area contributed by atoms with Crippen LogP contribution >= 0.6 is 0 Å². The number of anilines is 2. The minimum absolute atomic E-state index is 0.244. The molecule has 20 heavy (non-hydrogen) atoms. The first-order valence-electron chi connectivity index (χ1n) is 6.97. The molecular weight excluding hydrogens is 253 g/mol. The molecule has 0 aliphatic rings. The number of aliphatic hydroxyl groups is 1. The van der Waals surface area contributed by atoms with E-state index in [1.807, 2.05) is 38.1 Å². The number of aliphatic hydroxyl groups excluding tert-OH is 1. The Bertz CT molecular complexity index is 553. The number of hydrogen-bond acceptors (Lipinski definition) is 2. The van der Waals surface area contributed by atoms with Gasteiger partial charge in [0.25, 0.3) is 0 Å². The van der Waals surface area contributed by atoms with Gasteiger partial charge in [0, 0.05) is 23.5 Å². The maximum atomic E-state index is 13.1. The van der Waals surface area contributed by atoms with Crippen LogP contribution in [-0.4, -0.2) is 11.7 Å². The molecule has 2 rings (SSSR count). The summed E-state index contributed by atoms with van der Waals surface area (Å²) >= 11 is 0. The molecule has 1 N–H and O–H groups in total. The molecule has 0 aliphatic carbocycles. The second-order valence-corrected chi connectivity index (χ2v) is 4.70. The second kappa shape index (κ2) is 6.53. The summed E-state index contributed by atoms with van der Waals surface area (Å²) in [6.07, 6.45) is 0.179. The van der Waals surface area contributed by atoms with Crippen molar-refractivity contribution in [2.45, 2.75) is 26.4 Å². The van der Waals surface area contributed by atoms with E-state index in [1.165, 1.54) is 12.1 Å². The van der Waals surface area contributed by atoms with Gasteiger partial charge < -0.3 is 10.0 Å². The smallest absolute Gasteiger partial charge is 0.123 e. The van der Waals surface area contributed by atoms with Crippen molar-refractivity contribution in [2.24, 2.45) is 0 Å². The van der Waals surface area contributed by atoms with Crippen molar-refractivity contribution < 1.29 is 9.50 Å². The highest BCUT2D eigenvalue weighted by Crippen LogP contribution is 2.32. The first kappa shape index (κ1) is 14.5. The third-order valence-corrected chi connectivity index (χ3v) is 3.43. The van der Waals surface area contributed by atoms with Gasteiger partial charge in [-0.25, -0.2) is 4.39 Å².